The van der Waals surface area contributed by atoms with Gasteiger partial charge in [0.1, 0.15) is 5.60 Å². The van der Waals surface area contributed by atoms with Gasteiger partial charge in [-0.25, -0.2) is 9.59 Å². The van der Waals surface area contributed by atoms with Crippen LogP contribution in [-0.4, -0.2) is 48.9 Å². The Hall–Kier alpha value is -1.46. The minimum absolute atomic E-state index is 0.254. The molecule has 1 saturated heterocycles. The highest BCUT2D eigenvalue weighted by molar-refractivity contribution is 5.68. The van der Waals surface area contributed by atoms with E-state index >= 15 is 0 Å². The van der Waals surface area contributed by atoms with Crippen molar-refractivity contribution in [1.29, 1.82) is 0 Å². The molecule has 2 amide bonds. The summed E-state index contributed by atoms with van der Waals surface area (Å²) in [5.41, 5.74) is -0.463. The smallest absolute Gasteiger partial charge is 0.410 e. The topological polar surface area (TPSA) is 67.9 Å². The fourth-order valence-electron chi connectivity index (χ4n) is 2.17. The zero-order valence-corrected chi connectivity index (χ0v) is 14.5. The lowest BCUT2D eigenvalue weighted by atomic mass is 9.97. The van der Waals surface area contributed by atoms with Crippen molar-refractivity contribution in [3.05, 3.63) is 0 Å². The van der Waals surface area contributed by atoms with E-state index in [1.807, 2.05) is 34.6 Å². The lowest BCUT2D eigenvalue weighted by Gasteiger charge is -2.33. The number of carbonyl (C=O) groups excluding carboxylic acids is 2. The molecule has 0 unspecified atom stereocenters. The first-order chi connectivity index (χ1) is 10.2. The molecule has 1 aliphatic rings. The minimum Gasteiger partial charge on any atom is -0.449 e. The molecule has 1 aliphatic heterocycles. The van der Waals surface area contributed by atoms with Crippen molar-refractivity contribution >= 4 is 12.2 Å². The second-order valence-corrected chi connectivity index (χ2v) is 7.28. The highest BCUT2D eigenvalue weighted by atomic mass is 16.6. The van der Waals surface area contributed by atoms with Crippen LogP contribution in [0.3, 0.4) is 0 Å². The average Bonchev–Trinajstić information content (AvgIpc) is 2.41. The van der Waals surface area contributed by atoms with E-state index in [1.165, 1.54) is 0 Å². The Morgan fingerprint density at radius 3 is 2.32 bits per heavy atom. The molecule has 0 aromatic heterocycles. The largest absolute Gasteiger partial charge is 0.449 e. The van der Waals surface area contributed by atoms with Crippen LogP contribution >= 0.6 is 0 Å². The molecule has 1 N–H and O–H groups in total. The van der Waals surface area contributed by atoms with Crippen LogP contribution in [0.15, 0.2) is 0 Å². The first-order valence-electron chi connectivity index (χ1n) is 8.06. The van der Waals surface area contributed by atoms with E-state index in [9.17, 15) is 9.59 Å². The Bertz CT molecular complexity index is 369. The van der Waals surface area contributed by atoms with Gasteiger partial charge in [-0.15, -0.1) is 0 Å². The van der Waals surface area contributed by atoms with Crippen molar-refractivity contribution in [2.75, 3.05) is 26.2 Å². The first-order valence-corrected chi connectivity index (χ1v) is 8.06. The molecule has 1 heterocycles. The third-order valence-corrected chi connectivity index (χ3v) is 3.35. The lowest BCUT2D eigenvalue weighted by molar-refractivity contribution is 0.0183. The highest BCUT2D eigenvalue weighted by Crippen LogP contribution is 2.19. The highest BCUT2D eigenvalue weighted by Gasteiger charge is 2.26. The van der Waals surface area contributed by atoms with Crippen LogP contribution in [0.25, 0.3) is 0 Å². The quantitative estimate of drug-likeness (QED) is 0.866. The molecule has 0 aromatic rings. The summed E-state index contributed by atoms with van der Waals surface area (Å²) in [5, 5.41) is 2.79. The van der Waals surface area contributed by atoms with Crippen LogP contribution in [0, 0.1) is 11.8 Å². The SMILES string of the molecule is CC(C)COC(=O)NCC1CCN(C(=O)OC(C)(C)C)CC1. The van der Waals surface area contributed by atoms with Gasteiger partial charge >= 0.3 is 12.2 Å². The number of likely N-dealkylation sites (tertiary alicyclic amines) is 1. The van der Waals surface area contributed by atoms with Crippen molar-refractivity contribution in [2.45, 2.75) is 53.1 Å². The molecule has 1 fully saturated rings. The van der Waals surface area contributed by atoms with Crippen LogP contribution in [-0.2, 0) is 9.47 Å². The summed E-state index contributed by atoms with van der Waals surface area (Å²) in [6, 6.07) is 0. The maximum absolute atomic E-state index is 11.9. The van der Waals surface area contributed by atoms with Crippen LogP contribution in [0.1, 0.15) is 47.5 Å². The third-order valence-electron chi connectivity index (χ3n) is 3.35. The van der Waals surface area contributed by atoms with Crippen molar-refractivity contribution in [2.24, 2.45) is 11.8 Å². The minimum atomic E-state index is -0.463. The second kappa shape index (κ2) is 8.25. The van der Waals surface area contributed by atoms with Gasteiger partial charge in [-0.1, -0.05) is 13.8 Å². The van der Waals surface area contributed by atoms with Crippen LogP contribution in [0.2, 0.25) is 0 Å². The maximum atomic E-state index is 11.9. The fourth-order valence-corrected chi connectivity index (χ4v) is 2.17. The Morgan fingerprint density at radius 1 is 1.23 bits per heavy atom. The Kier molecular flexibility index (Phi) is 6.97. The van der Waals surface area contributed by atoms with Gasteiger partial charge in [-0.05, 0) is 45.4 Å². The standard InChI is InChI=1S/C16H30N2O4/c1-12(2)11-21-14(19)17-10-13-6-8-18(9-7-13)15(20)22-16(3,4)5/h12-13H,6-11H2,1-5H3,(H,17,19). The molecule has 22 heavy (non-hydrogen) atoms. The molecule has 0 bridgehead atoms. The van der Waals surface area contributed by atoms with Gasteiger partial charge in [-0.3, -0.25) is 0 Å². The van der Waals surface area contributed by atoms with Gasteiger partial charge in [-0.2, -0.15) is 0 Å². The number of amides is 2. The van der Waals surface area contributed by atoms with E-state index in [2.05, 4.69) is 5.32 Å². The fraction of sp³-hybridized carbons (Fsp3) is 0.875. The summed E-state index contributed by atoms with van der Waals surface area (Å²) in [6.07, 6.45) is 1.12. The third kappa shape index (κ3) is 7.52. The van der Waals surface area contributed by atoms with Crippen molar-refractivity contribution in [1.82, 2.24) is 10.2 Å². The molecule has 0 aliphatic carbocycles. The van der Waals surface area contributed by atoms with Crippen molar-refractivity contribution in [3.8, 4) is 0 Å². The number of alkyl carbamates (subject to hydrolysis) is 1. The summed E-state index contributed by atoms with van der Waals surface area (Å²) in [5.74, 6) is 0.716. The van der Waals surface area contributed by atoms with E-state index in [0.29, 0.717) is 38.1 Å². The normalized spacial score (nSPS) is 16.5. The van der Waals surface area contributed by atoms with Gasteiger partial charge in [0.2, 0.25) is 0 Å². The van der Waals surface area contributed by atoms with E-state index in [0.717, 1.165) is 12.8 Å². The number of piperidine rings is 1. The van der Waals surface area contributed by atoms with Gasteiger partial charge in [0.15, 0.2) is 0 Å². The van der Waals surface area contributed by atoms with Gasteiger partial charge in [0.25, 0.3) is 0 Å². The lowest BCUT2D eigenvalue weighted by Crippen LogP contribution is -2.43. The summed E-state index contributed by atoms with van der Waals surface area (Å²) in [7, 11) is 0. The number of hydrogen-bond acceptors (Lipinski definition) is 4. The maximum Gasteiger partial charge on any atom is 0.410 e. The predicted molar refractivity (Wildman–Crippen MR) is 84.7 cm³/mol. The summed E-state index contributed by atoms with van der Waals surface area (Å²) >= 11 is 0. The van der Waals surface area contributed by atoms with E-state index in [1.54, 1.807) is 4.90 Å². The number of ether oxygens (including phenoxy) is 2. The molecule has 0 aromatic carbocycles. The number of carbonyl (C=O) groups is 2. The molecule has 0 spiro atoms. The number of rotatable bonds is 4. The summed E-state index contributed by atoms with van der Waals surface area (Å²) in [6.45, 7) is 12.0. The zero-order valence-electron chi connectivity index (χ0n) is 14.5. The molecule has 6 heteroatoms. The van der Waals surface area contributed by atoms with E-state index in [-0.39, 0.29) is 12.2 Å². The molecular formula is C16H30N2O4. The Labute approximate surface area is 133 Å². The molecule has 0 atom stereocenters. The van der Waals surface area contributed by atoms with Crippen LogP contribution in [0.4, 0.5) is 9.59 Å². The number of hydrogen-bond donors (Lipinski definition) is 1. The monoisotopic (exact) mass is 314 g/mol. The summed E-state index contributed by atoms with van der Waals surface area (Å²) < 4.78 is 10.4. The Balaban J connectivity index is 2.22. The average molecular weight is 314 g/mol. The summed E-state index contributed by atoms with van der Waals surface area (Å²) in [4.78, 5) is 25.2. The molecule has 6 nitrogen and oxygen atoms in total. The van der Waals surface area contributed by atoms with Crippen LogP contribution < -0.4 is 5.32 Å². The van der Waals surface area contributed by atoms with Gasteiger partial charge in [0.05, 0.1) is 6.61 Å². The van der Waals surface area contributed by atoms with Gasteiger partial charge < -0.3 is 19.7 Å². The second-order valence-electron chi connectivity index (χ2n) is 7.28. The Morgan fingerprint density at radius 2 is 1.82 bits per heavy atom. The predicted octanol–water partition coefficient (Wildman–Crippen LogP) is 3.02. The van der Waals surface area contributed by atoms with E-state index < -0.39 is 5.60 Å². The van der Waals surface area contributed by atoms with Crippen LogP contribution in [0.5, 0.6) is 0 Å². The molecule has 0 radical (unpaired) electrons. The molecular weight excluding hydrogens is 284 g/mol. The molecule has 0 saturated carbocycles. The molecule has 1 rings (SSSR count). The molecule has 128 valence electrons. The van der Waals surface area contributed by atoms with Crippen molar-refractivity contribution < 1.29 is 19.1 Å². The van der Waals surface area contributed by atoms with Gasteiger partial charge in [0, 0.05) is 19.6 Å². The zero-order chi connectivity index (χ0) is 16.8. The number of nitrogens with zero attached hydrogens (tertiary/aromatic N) is 1. The van der Waals surface area contributed by atoms with E-state index in [4.69, 9.17) is 9.47 Å². The van der Waals surface area contributed by atoms with Crippen molar-refractivity contribution in [3.63, 3.8) is 0 Å². The first kappa shape index (κ1) is 18.6. The number of nitrogens with one attached hydrogen (secondary N) is 1.